The Morgan fingerprint density at radius 3 is 1.33 bits per heavy atom. The first-order valence-corrected chi connectivity index (χ1v) is 13.8. The largest absolute Gasteiger partial charge is 0.508 e. The van der Waals surface area contributed by atoms with Crippen molar-refractivity contribution in [2.75, 3.05) is 26.6 Å². The van der Waals surface area contributed by atoms with Gasteiger partial charge in [0.15, 0.2) is 0 Å². The predicted molar refractivity (Wildman–Crippen MR) is 167 cm³/mol. The third-order valence-electron chi connectivity index (χ3n) is 7.25. The summed E-state index contributed by atoms with van der Waals surface area (Å²) in [6.07, 6.45) is 2.08. The fraction of sp³-hybridized carbons (Fsp3) is 0.167. The number of anilines is 2. The van der Waals surface area contributed by atoms with Gasteiger partial charge in [-0.25, -0.2) is 0 Å². The molecule has 0 saturated carbocycles. The van der Waals surface area contributed by atoms with Crippen LogP contribution in [0.5, 0.6) is 28.7 Å². The number of rotatable bonds is 11. The molecule has 0 aliphatic rings. The van der Waals surface area contributed by atoms with E-state index >= 15 is 0 Å². The van der Waals surface area contributed by atoms with Crippen molar-refractivity contribution in [2.45, 2.75) is 19.3 Å². The SMILES string of the molecule is COc1ccc(Cc2cc(Cc3cc(Nc4ccc(O)cc4)ccc3OC)ccc2OC)cc1Cc1ccc(O)cc1. The molecule has 5 aromatic rings. The molecule has 0 aliphatic heterocycles. The fourth-order valence-corrected chi connectivity index (χ4v) is 5.14. The first kappa shape index (κ1) is 28.4. The van der Waals surface area contributed by atoms with Gasteiger partial charge >= 0.3 is 0 Å². The van der Waals surface area contributed by atoms with Crippen molar-refractivity contribution in [3.63, 3.8) is 0 Å². The average Bonchev–Trinajstić information content (AvgIpc) is 3.00. The van der Waals surface area contributed by atoms with Crippen LogP contribution in [0.15, 0.2) is 103 Å². The van der Waals surface area contributed by atoms with E-state index in [9.17, 15) is 10.2 Å². The van der Waals surface area contributed by atoms with Crippen LogP contribution in [0.25, 0.3) is 0 Å². The van der Waals surface area contributed by atoms with Crippen LogP contribution in [-0.4, -0.2) is 31.5 Å². The fourth-order valence-electron chi connectivity index (χ4n) is 5.14. The molecule has 0 unspecified atom stereocenters. The normalized spacial score (nSPS) is 10.7. The third-order valence-corrected chi connectivity index (χ3v) is 7.25. The second-order valence-corrected chi connectivity index (χ2v) is 10.2. The molecule has 0 atom stereocenters. The summed E-state index contributed by atoms with van der Waals surface area (Å²) in [4.78, 5) is 0. The number of methoxy groups -OCH3 is 3. The van der Waals surface area contributed by atoms with Crippen molar-refractivity contribution in [3.8, 4) is 28.7 Å². The van der Waals surface area contributed by atoms with Crippen LogP contribution in [0.4, 0.5) is 11.4 Å². The molecular formula is C36H35NO5. The highest BCUT2D eigenvalue weighted by atomic mass is 16.5. The van der Waals surface area contributed by atoms with E-state index in [1.54, 1.807) is 45.6 Å². The molecule has 5 aromatic carbocycles. The van der Waals surface area contributed by atoms with Gasteiger partial charge in [-0.1, -0.05) is 36.4 Å². The highest BCUT2D eigenvalue weighted by Gasteiger charge is 2.12. The predicted octanol–water partition coefficient (Wildman–Crippen LogP) is 7.64. The summed E-state index contributed by atoms with van der Waals surface area (Å²) in [5.74, 6) is 2.97. The van der Waals surface area contributed by atoms with Crippen LogP contribution in [0.3, 0.4) is 0 Å². The van der Waals surface area contributed by atoms with Gasteiger partial charge in [-0.2, -0.15) is 0 Å². The quantitative estimate of drug-likeness (QED) is 0.144. The summed E-state index contributed by atoms with van der Waals surface area (Å²) in [6.45, 7) is 0. The summed E-state index contributed by atoms with van der Waals surface area (Å²) >= 11 is 0. The monoisotopic (exact) mass is 561 g/mol. The molecule has 3 N–H and O–H groups in total. The van der Waals surface area contributed by atoms with Gasteiger partial charge in [-0.05, 0) is 94.5 Å². The lowest BCUT2D eigenvalue weighted by atomic mass is 9.95. The van der Waals surface area contributed by atoms with Crippen molar-refractivity contribution in [1.29, 1.82) is 0 Å². The van der Waals surface area contributed by atoms with Gasteiger partial charge in [0.05, 0.1) is 21.3 Å². The van der Waals surface area contributed by atoms with Crippen LogP contribution in [-0.2, 0) is 19.3 Å². The number of hydrogen-bond acceptors (Lipinski definition) is 6. The molecule has 6 nitrogen and oxygen atoms in total. The Bertz CT molecular complexity index is 1650. The molecular weight excluding hydrogens is 526 g/mol. The van der Waals surface area contributed by atoms with Crippen LogP contribution in [0.2, 0.25) is 0 Å². The highest BCUT2D eigenvalue weighted by Crippen LogP contribution is 2.31. The van der Waals surface area contributed by atoms with E-state index in [1.165, 1.54) is 0 Å². The maximum atomic E-state index is 9.65. The van der Waals surface area contributed by atoms with E-state index in [1.807, 2.05) is 48.5 Å². The third kappa shape index (κ3) is 6.96. The Labute approximate surface area is 246 Å². The van der Waals surface area contributed by atoms with Crippen LogP contribution < -0.4 is 19.5 Å². The summed E-state index contributed by atoms with van der Waals surface area (Å²) in [5, 5.41) is 22.6. The minimum Gasteiger partial charge on any atom is -0.508 e. The maximum Gasteiger partial charge on any atom is 0.122 e. The van der Waals surface area contributed by atoms with Crippen LogP contribution >= 0.6 is 0 Å². The Hall–Kier alpha value is -5.10. The number of aromatic hydroxyl groups is 2. The van der Waals surface area contributed by atoms with E-state index in [0.29, 0.717) is 19.3 Å². The molecule has 0 fully saturated rings. The Kier molecular flexibility index (Phi) is 8.83. The zero-order valence-electron chi connectivity index (χ0n) is 24.1. The van der Waals surface area contributed by atoms with E-state index < -0.39 is 0 Å². The van der Waals surface area contributed by atoms with Gasteiger partial charge in [0.1, 0.15) is 28.7 Å². The number of ether oxygens (including phenoxy) is 3. The van der Waals surface area contributed by atoms with Crippen molar-refractivity contribution in [3.05, 3.63) is 137 Å². The Balaban J connectivity index is 1.39. The molecule has 214 valence electrons. The summed E-state index contributed by atoms with van der Waals surface area (Å²) < 4.78 is 17.1. The number of hydrogen-bond donors (Lipinski definition) is 3. The van der Waals surface area contributed by atoms with Gasteiger partial charge in [0.2, 0.25) is 0 Å². The molecule has 42 heavy (non-hydrogen) atoms. The Morgan fingerprint density at radius 2 is 0.833 bits per heavy atom. The molecule has 6 heteroatoms. The van der Waals surface area contributed by atoms with Gasteiger partial charge in [-0.3, -0.25) is 0 Å². The maximum absolute atomic E-state index is 9.65. The zero-order valence-corrected chi connectivity index (χ0v) is 24.1. The van der Waals surface area contributed by atoms with Gasteiger partial charge < -0.3 is 29.7 Å². The Morgan fingerprint density at radius 1 is 0.452 bits per heavy atom. The zero-order chi connectivity index (χ0) is 29.5. The molecule has 0 aromatic heterocycles. The van der Waals surface area contributed by atoms with Crippen LogP contribution in [0.1, 0.15) is 33.4 Å². The molecule has 0 aliphatic carbocycles. The highest BCUT2D eigenvalue weighted by molar-refractivity contribution is 5.63. The molecule has 0 heterocycles. The molecule has 0 radical (unpaired) electrons. The minimum absolute atomic E-state index is 0.231. The molecule has 5 rings (SSSR count). The van der Waals surface area contributed by atoms with Gasteiger partial charge in [0.25, 0.3) is 0 Å². The topological polar surface area (TPSA) is 80.2 Å². The summed E-state index contributed by atoms with van der Waals surface area (Å²) in [6, 6.07) is 32.9. The number of benzene rings is 5. The minimum atomic E-state index is 0.231. The molecule has 0 amide bonds. The van der Waals surface area contributed by atoms with E-state index in [0.717, 1.165) is 62.0 Å². The smallest absolute Gasteiger partial charge is 0.122 e. The lowest BCUT2D eigenvalue weighted by Crippen LogP contribution is -2.00. The van der Waals surface area contributed by atoms with Gasteiger partial charge in [0, 0.05) is 36.2 Å². The van der Waals surface area contributed by atoms with E-state index in [2.05, 4.69) is 35.6 Å². The van der Waals surface area contributed by atoms with Gasteiger partial charge in [-0.15, -0.1) is 0 Å². The lowest BCUT2D eigenvalue weighted by Gasteiger charge is -2.15. The number of phenols is 2. The molecule has 0 bridgehead atoms. The average molecular weight is 562 g/mol. The van der Waals surface area contributed by atoms with Crippen molar-refractivity contribution in [1.82, 2.24) is 0 Å². The number of phenolic OH excluding ortho intramolecular Hbond substituents is 2. The first-order chi connectivity index (χ1) is 20.4. The second kappa shape index (κ2) is 13.0. The second-order valence-electron chi connectivity index (χ2n) is 10.2. The van der Waals surface area contributed by atoms with E-state index in [-0.39, 0.29) is 11.5 Å². The standard InChI is InChI=1S/C36H35NO5/c1-40-34-15-6-25(19-27(34)18-24-4-11-32(38)12-5-24)20-28-21-26(7-16-35(28)41-2)22-29-23-31(10-17-36(29)42-3)37-30-8-13-33(39)14-9-30/h4-17,19,21,23,37-39H,18,20,22H2,1-3H3. The number of nitrogens with one attached hydrogen (secondary N) is 1. The van der Waals surface area contributed by atoms with Crippen molar-refractivity contribution in [2.24, 2.45) is 0 Å². The van der Waals surface area contributed by atoms with Crippen molar-refractivity contribution < 1.29 is 24.4 Å². The summed E-state index contributed by atoms with van der Waals surface area (Å²) in [5.41, 5.74) is 8.44. The molecule has 0 spiro atoms. The lowest BCUT2D eigenvalue weighted by molar-refractivity contribution is 0.409. The van der Waals surface area contributed by atoms with E-state index in [4.69, 9.17) is 14.2 Å². The summed E-state index contributed by atoms with van der Waals surface area (Å²) in [7, 11) is 5.07. The first-order valence-electron chi connectivity index (χ1n) is 13.8. The van der Waals surface area contributed by atoms with Crippen LogP contribution in [0, 0.1) is 0 Å². The van der Waals surface area contributed by atoms with Crippen molar-refractivity contribution >= 4 is 11.4 Å². The molecule has 0 saturated heterocycles.